The highest BCUT2D eigenvalue weighted by molar-refractivity contribution is 5.80. The van der Waals surface area contributed by atoms with Crippen molar-refractivity contribution in [1.82, 2.24) is 20.1 Å². The second kappa shape index (κ2) is 10.4. The van der Waals surface area contributed by atoms with E-state index in [2.05, 4.69) is 20.2 Å². The van der Waals surface area contributed by atoms with Crippen molar-refractivity contribution in [2.75, 3.05) is 39.8 Å². The summed E-state index contributed by atoms with van der Waals surface area (Å²) in [6.07, 6.45) is 1.43. The van der Waals surface area contributed by atoms with Crippen LogP contribution < -0.4 is 10.1 Å². The average molecular weight is 415 g/mol. The lowest BCUT2D eigenvalue weighted by atomic mass is 10.3. The van der Waals surface area contributed by atoms with Crippen LogP contribution >= 0.6 is 0 Å². The molecule has 1 N–H and O–H groups in total. The molecule has 1 aromatic heterocycles. The Morgan fingerprint density at radius 2 is 1.97 bits per heavy atom. The van der Waals surface area contributed by atoms with E-state index in [0.717, 1.165) is 11.5 Å². The molecule has 0 atom stereocenters. The van der Waals surface area contributed by atoms with Crippen LogP contribution in [-0.4, -0.2) is 66.7 Å². The summed E-state index contributed by atoms with van der Waals surface area (Å²) in [5, 5.41) is 3.31. The van der Waals surface area contributed by atoms with Gasteiger partial charge in [-0.25, -0.2) is 14.2 Å². The monoisotopic (exact) mass is 415 g/mol. The third kappa shape index (κ3) is 5.82. The van der Waals surface area contributed by atoms with Crippen LogP contribution in [0.15, 0.2) is 47.6 Å². The molecule has 1 amide bonds. The number of piperazine rings is 1. The van der Waals surface area contributed by atoms with E-state index in [0.29, 0.717) is 51.0 Å². The number of nitrogens with zero attached hydrogens (tertiary/aromatic N) is 4. The molecule has 160 valence electrons. The Bertz CT molecular complexity index is 867. The van der Waals surface area contributed by atoms with Gasteiger partial charge in [0.25, 0.3) is 0 Å². The van der Waals surface area contributed by atoms with Gasteiger partial charge in [-0.05, 0) is 24.6 Å². The Hall–Kier alpha value is -3.36. The molecule has 0 spiro atoms. The molecular weight excluding hydrogens is 389 g/mol. The summed E-state index contributed by atoms with van der Waals surface area (Å²) in [6.45, 7) is 5.25. The minimum absolute atomic E-state index is 0.272. The number of benzene rings is 1. The van der Waals surface area contributed by atoms with E-state index in [4.69, 9.17) is 9.47 Å². The number of carbonyl (C=O) groups is 1. The maximum atomic E-state index is 13.2. The molecule has 1 aliphatic heterocycles. The number of guanidine groups is 1. The van der Waals surface area contributed by atoms with E-state index >= 15 is 0 Å². The number of aromatic nitrogens is 1. The van der Waals surface area contributed by atoms with Crippen LogP contribution in [0.3, 0.4) is 0 Å². The number of carbonyl (C=O) groups excluding carboxylic acids is 1. The van der Waals surface area contributed by atoms with Gasteiger partial charge in [-0.15, -0.1) is 0 Å². The van der Waals surface area contributed by atoms with Crippen molar-refractivity contribution < 1.29 is 18.7 Å². The van der Waals surface area contributed by atoms with E-state index < -0.39 is 0 Å². The molecule has 1 aliphatic rings. The molecule has 3 rings (SSSR count). The minimum Gasteiger partial charge on any atom is -0.450 e. The molecule has 0 bridgehead atoms. The standard InChI is InChI=1S/C21H26FN5O3/c1-3-29-21(28)27-11-9-26(10-12-27)20(23-2)25-15-16-7-8-19(24-14-16)30-18-6-4-5-17(22)13-18/h4-8,13-14H,3,9-12,15H2,1-2H3,(H,23,25). The van der Waals surface area contributed by atoms with Crippen LogP contribution in [0, 0.1) is 5.82 Å². The van der Waals surface area contributed by atoms with Gasteiger partial charge >= 0.3 is 6.09 Å². The fourth-order valence-corrected chi connectivity index (χ4v) is 3.06. The van der Waals surface area contributed by atoms with Crippen molar-refractivity contribution >= 4 is 12.1 Å². The molecule has 2 aromatic rings. The number of pyridine rings is 1. The molecule has 1 saturated heterocycles. The summed E-state index contributed by atoms with van der Waals surface area (Å²) in [4.78, 5) is 24.2. The molecule has 0 saturated carbocycles. The maximum Gasteiger partial charge on any atom is 0.409 e. The number of nitrogens with one attached hydrogen (secondary N) is 1. The molecule has 1 fully saturated rings. The van der Waals surface area contributed by atoms with Crippen molar-refractivity contribution in [3.8, 4) is 11.6 Å². The van der Waals surface area contributed by atoms with Crippen LogP contribution in [-0.2, 0) is 11.3 Å². The van der Waals surface area contributed by atoms with Gasteiger partial charge < -0.3 is 24.6 Å². The van der Waals surface area contributed by atoms with Gasteiger partial charge in [0, 0.05) is 58.1 Å². The fraction of sp³-hybridized carbons (Fsp3) is 0.381. The largest absolute Gasteiger partial charge is 0.450 e. The van der Waals surface area contributed by atoms with Gasteiger partial charge in [0.15, 0.2) is 5.96 Å². The zero-order chi connectivity index (χ0) is 21.3. The summed E-state index contributed by atoms with van der Waals surface area (Å²) >= 11 is 0. The first kappa shape index (κ1) is 21.4. The highest BCUT2D eigenvalue weighted by Crippen LogP contribution is 2.20. The van der Waals surface area contributed by atoms with Gasteiger partial charge in [0.05, 0.1) is 6.61 Å². The SMILES string of the molecule is CCOC(=O)N1CCN(C(=NC)NCc2ccc(Oc3cccc(F)c3)nc2)CC1. The third-order valence-corrected chi connectivity index (χ3v) is 4.58. The lowest BCUT2D eigenvalue weighted by Crippen LogP contribution is -2.53. The van der Waals surface area contributed by atoms with Crippen LogP contribution in [0.1, 0.15) is 12.5 Å². The first-order chi connectivity index (χ1) is 14.6. The topological polar surface area (TPSA) is 79.3 Å². The van der Waals surface area contributed by atoms with Crippen molar-refractivity contribution in [3.63, 3.8) is 0 Å². The summed E-state index contributed by atoms with van der Waals surface area (Å²) in [6, 6.07) is 9.55. The Morgan fingerprint density at radius 1 is 1.20 bits per heavy atom. The molecule has 2 heterocycles. The fourth-order valence-electron chi connectivity index (χ4n) is 3.06. The van der Waals surface area contributed by atoms with E-state index in [9.17, 15) is 9.18 Å². The van der Waals surface area contributed by atoms with Gasteiger partial charge in [-0.3, -0.25) is 4.99 Å². The lowest BCUT2D eigenvalue weighted by molar-refractivity contribution is 0.0914. The predicted molar refractivity (Wildman–Crippen MR) is 111 cm³/mol. The lowest BCUT2D eigenvalue weighted by Gasteiger charge is -2.35. The summed E-state index contributed by atoms with van der Waals surface area (Å²) in [5.74, 6) is 1.20. The van der Waals surface area contributed by atoms with E-state index in [1.165, 1.54) is 12.1 Å². The summed E-state index contributed by atoms with van der Waals surface area (Å²) in [5.41, 5.74) is 0.952. The summed E-state index contributed by atoms with van der Waals surface area (Å²) in [7, 11) is 1.73. The Balaban J connectivity index is 1.49. The van der Waals surface area contributed by atoms with Crippen molar-refractivity contribution in [1.29, 1.82) is 0 Å². The smallest absolute Gasteiger partial charge is 0.409 e. The molecule has 0 unspecified atom stereocenters. The molecule has 0 radical (unpaired) electrons. The van der Waals surface area contributed by atoms with Gasteiger partial charge in [-0.1, -0.05) is 12.1 Å². The van der Waals surface area contributed by atoms with E-state index in [1.54, 1.807) is 43.3 Å². The van der Waals surface area contributed by atoms with E-state index in [1.807, 2.05) is 6.07 Å². The number of hydrogen-bond donors (Lipinski definition) is 1. The zero-order valence-electron chi connectivity index (χ0n) is 17.2. The average Bonchev–Trinajstić information content (AvgIpc) is 2.76. The van der Waals surface area contributed by atoms with Gasteiger partial charge in [-0.2, -0.15) is 0 Å². The Kier molecular flexibility index (Phi) is 7.42. The highest BCUT2D eigenvalue weighted by atomic mass is 19.1. The second-order valence-corrected chi connectivity index (χ2v) is 6.64. The van der Waals surface area contributed by atoms with Crippen LogP contribution in [0.5, 0.6) is 11.6 Å². The third-order valence-electron chi connectivity index (χ3n) is 4.58. The molecule has 30 heavy (non-hydrogen) atoms. The molecular formula is C21H26FN5O3. The molecule has 8 nitrogen and oxygen atoms in total. The first-order valence-corrected chi connectivity index (χ1v) is 9.84. The maximum absolute atomic E-state index is 13.2. The first-order valence-electron chi connectivity index (χ1n) is 9.84. The minimum atomic E-state index is -0.359. The number of ether oxygens (including phenoxy) is 2. The quantitative estimate of drug-likeness (QED) is 0.598. The Labute approximate surface area is 175 Å². The second-order valence-electron chi connectivity index (χ2n) is 6.64. The van der Waals surface area contributed by atoms with Gasteiger partial charge in [0.1, 0.15) is 11.6 Å². The number of amides is 1. The van der Waals surface area contributed by atoms with E-state index in [-0.39, 0.29) is 11.9 Å². The molecule has 1 aromatic carbocycles. The molecule has 9 heteroatoms. The van der Waals surface area contributed by atoms with Gasteiger partial charge in [0.2, 0.25) is 5.88 Å². The van der Waals surface area contributed by atoms with Crippen molar-refractivity contribution in [3.05, 3.63) is 54.0 Å². The van der Waals surface area contributed by atoms with Crippen molar-refractivity contribution in [2.45, 2.75) is 13.5 Å². The summed E-state index contributed by atoms with van der Waals surface area (Å²) < 4.78 is 23.8. The van der Waals surface area contributed by atoms with Crippen molar-refractivity contribution in [2.24, 2.45) is 4.99 Å². The Morgan fingerprint density at radius 3 is 2.60 bits per heavy atom. The normalized spacial score (nSPS) is 14.4. The number of aliphatic imine (C=N–C) groups is 1. The predicted octanol–water partition coefficient (Wildman–Crippen LogP) is 2.86. The van der Waals surface area contributed by atoms with Crippen LogP contribution in [0.4, 0.5) is 9.18 Å². The number of hydrogen-bond acceptors (Lipinski definition) is 5. The number of rotatable bonds is 5. The van der Waals surface area contributed by atoms with Crippen LogP contribution in [0.2, 0.25) is 0 Å². The van der Waals surface area contributed by atoms with Crippen LogP contribution in [0.25, 0.3) is 0 Å². The zero-order valence-corrected chi connectivity index (χ0v) is 17.2. The number of halogens is 1. The highest BCUT2D eigenvalue weighted by Gasteiger charge is 2.23. The molecule has 0 aliphatic carbocycles.